The Labute approximate surface area is 228 Å². The lowest BCUT2D eigenvalue weighted by Crippen LogP contribution is -2.37. The summed E-state index contributed by atoms with van der Waals surface area (Å²) in [5.74, 6) is 1.61. The summed E-state index contributed by atoms with van der Waals surface area (Å²) in [7, 11) is 0. The quantitative estimate of drug-likeness (QED) is 0.0794. The fourth-order valence-corrected chi connectivity index (χ4v) is 5.62. The molecular weight excluding hydrogens is 436 g/mol. The van der Waals surface area contributed by atoms with E-state index in [4.69, 9.17) is 0 Å². The molecule has 0 N–H and O–H groups in total. The van der Waals surface area contributed by atoms with E-state index in [-0.39, 0.29) is 0 Å². The first kappa shape index (κ1) is 33.2. The molecule has 0 fully saturated rings. The average molecular weight is 504 g/mol. The Kier molecular flexibility index (Phi) is 23.9. The van der Waals surface area contributed by atoms with Gasteiger partial charge < -0.3 is 0 Å². The first-order chi connectivity index (χ1) is 17.8. The summed E-state index contributed by atoms with van der Waals surface area (Å²) >= 11 is 0. The lowest BCUT2D eigenvalue weighted by molar-refractivity contribution is -0.704. The summed E-state index contributed by atoms with van der Waals surface area (Å²) in [5, 5.41) is 0. The van der Waals surface area contributed by atoms with Crippen molar-refractivity contribution in [3.63, 3.8) is 0 Å². The van der Waals surface area contributed by atoms with Gasteiger partial charge in [-0.25, -0.2) is 9.13 Å². The fourth-order valence-electron chi connectivity index (χ4n) is 5.62. The van der Waals surface area contributed by atoms with Gasteiger partial charge in [-0.15, -0.1) is 0 Å². The molecule has 0 saturated carbocycles. The van der Waals surface area contributed by atoms with E-state index >= 15 is 0 Å². The zero-order valence-electron chi connectivity index (χ0n) is 25.3. The van der Waals surface area contributed by atoms with E-state index < -0.39 is 0 Å². The molecule has 0 aromatic carbocycles. The molecule has 1 aromatic heterocycles. The van der Waals surface area contributed by atoms with E-state index in [0.717, 1.165) is 0 Å². The Bertz CT molecular complexity index is 528. The van der Waals surface area contributed by atoms with Gasteiger partial charge in [0.1, 0.15) is 12.4 Å². The van der Waals surface area contributed by atoms with E-state index in [1.54, 1.807) is 5.82 Å². The minimum Gasteiger partial charge on any atom is -0.234 e. The summed E-state index contributed by atoms with van der Waals surface area (Å²) < 4.78 is 5.22. The molecule has 0 radical (unpaired) electrons. The molecule has 1 aromatic rings. The van der Waals surface area contributed by atoms with Crippen molar-refractivity contribution in [2.45, 2.75) is 201 Å². The van der Waals surface area contributed by atoms with E-state index in [0.29, 0.717) is 0 Å². The van der Waals surface area contributed by atoms with Gasteiger partial charge in [-0.05, 0) is 32.1 Å². The van der Waals surface area contributed by atoms with Crippen molar-refractivity contribution < 1.29 is 4.57 Å². The van der Waals surface area contributed by atoms with E-state index in [2.05, 4.69) is 42.3 Å². The van der Waals surface area contributed by atoms with Crippen LogP contribution in [0.25, 0.3) is 0 Å². The van der Waals surface area contributed by atoms with Crippen molar-refractivity contribution in [2.24, 2.45) is 0 Å². The number of aryl methyl sites for hydroxylation is 2. The maximum atomic E-state index is 2.61. The second-order valence-corrected chi connectivity index (χ2v) is 11.6. The van der Waals surface area contributed by atoms with Crippen LogP contribution < -0.4 is 4.57 Å². The lowest BCUT2D eigenvalue weighted by Gasteiger charge is -2.07. The fraction of sp³-hybridized carbons (Fsp3) is 0.912. The van der Waals surface area contributed by atoms with Gasteiger partial charge in [-0.2, -0.15) is 0 Å². The molecule has 212 valence electrons. The highest BCUT2D eigenvalue weighted by Gasteiger charge is 2.16. The minimum absolute atomic E-state index is 1.23. The second kappa shape index (κ2) is 25.8. The lowest BCUT2D eigenvalue weighted by atomic mass is 10.0. The number of imidazole rings is 1. The van der Waals surface area contributed by atoms with Gasteiger partial charge in [0.15, 0.2) is 0 Å². The monoisotopic (exact) mass is 504 g/mol. The highest BCUT2D eigenvalue weighted by molar-refractivity contribution is 4.84. The standard InChI is InChI=1S/C34H67N2/c1-4-7-10-13-16-17-18-19-20-21-22-23-26-29-34-35(30-27-24-14-11-8-5-2)32-33-36(34)31-28-25-15-12-9-6-3/h32-33H,4-31H2,1-3H3/q+1. The van der Waals surface area contributed by atoms with Crippen LogP contribution in [0, 0.1) is 0 Å². The van der Waals surface area contributed by atoms with Crippen LogP contribution in [0.2, 0.25) is 0 Å². The molecular formula is C34H67N2+. The highest BCUT2D eigenvalue weighted by Crippen LogP contribution is 2.14. The number of hydrogen-bond acceptors (Lipinski definition) is 0. The molecule has 0 aliphatic heterocycles. The summed E-state index contributed by atoms with van der Waals surface area (Å²) in [6, 6.07) is 0. The molecule has 0 unspecified atom stereocenters. The third-order valence-electron chi connectivity index (χ3n) is 8.10. The van der Waals surface area contributed by atoms with Crippen LogP contribution in [0.15, 0.2) is 12.4 Å². The predicted molar refractivity (Wildman–Crippen MR) is 161 cm³/mol. The predicted octanol–water partition coefficient (Wildman–Crippen LogP) is 11.1. The van der Waals surface area contributed by atoms with Crippen molar-refractivity contribution in [3.05, 3.63) is 18.2 Å². The first-order valence-electron chi connectivity index (χ1n) is 16.9. The maximum Gasteiger partial charge on any atom is 0.256 e. The summed E-state index contributed by atoms with van der Waals surface area (Å²) in [6.07, 6.45) is 41.5. The Morgan fingerprint density at radius 2 is 0.861 bits per heavy atom. The van der Waals surface area contributed by atoms with E-state index in [1.165, 1.54) is 180 Å². The van der Waals surface area contributed by atoms with Crippen molar-refractivity contribution in [3.8, 4) is 0 Å². The molecule has 2 heteroatoms. The summed E-state index contributed by atoms with van der Waals surface area (Å²) in [4.78, 5) is 0. The Hall–Kier alpha value is -0.790. The summed E-state index contributed by atoms with van der Waals surface area (Å²) in [6.45, 7) is 9.38. The van der Waals surface area contributed by atoms with Crippen LogP contribution in [0.4, 0.5) is 0 Å². The normalized spacial score (nSPS) is 11.5. The molecule has 2 nitrogen and oxygen atoms in total. The SMILES string of the molecule is CCCCCCCCCCCCCCCc1n(CCCCCCCC)cc[n+]1CCCCCCCC. The number of unbranched alkanes of at least 4 members (excludes halogenated alkanes) is 22. The van der Waals surface area contributed by atoms with Gasteiger partial charge in [0, 0.05) is 6.42 Å². The van der Waals surface area contributed by atoms with Crippen LogP contribution >= 0.6 is 0 Å². The van der Waals surface area contributed by atoms with Crippen LogP contribution in [-0.4, -0.2) is 4.57 Å². The van der Waals surface area contributed by atoms with Crippen molar-refractivity contribution in [2.75, 3.05) is 0 Å². The van der Waals surface area contributed by atoms with Crippen LogP contribution in [0.1, 0.15) is 187 Å². The Morgan fingerprint density at radius 1 is 0.472 bits per heavy atom. The van der Waals surface area contributed by atoms with Crippen LogP contribution in [-0.2, 0) is 19.5 Å². The van der Waals surface area contributed by atoms with Gasteiger partial charge in [-0.3, -0.25) is 0 Å². The van der Waals surface area contributed by atoms with E-state index in [1.807, 2.05) is 0 Å². The number of rotatable bonds is 28. The minimum atomic E-state index is 1.23. The molecule has 0 aliphatic rings. The molecule has 0 amide bonds. The third-order valence-corrected chi connectivity index (χ3v) is 8.10. The Balaban J connectivity index is 2.27. The second-order valence-electron chi connectivity index (χ2n) is 11.6. The van der Waals surface area contributed by atoms with Crippen molar-refractivity contribution >= 4 is 0 Å². The maximum absolute atomic E-state index is 2.61. The molecule has 1 rings (SSSR count). The van der Waals surface area contributed by atoms with Crippen LogP contribution in [0.5, 0.6) is 0 Å². The van der Waals surface area contributed by atoms with Gasteiger partial charge in [0.05, 0.1) is 13.1 Å². The van der Waals surface area contributed by atoms with Crippen LogP contribution in [0.3, 0.4) is 0 Å². The largest absolute Gasteiger partial charge is 0.256 e. The summed E-state index contributed by atoms with van der Waals surface area (Å²) in [5.41, 5.74) is 0. The molecule has 0 bridgehead atoms. The number of hydrogen-bond donors (Lipinski definition) is 0. The van der Waals surface area contributed by atoms with Crippen molar-refractivity contribution in [1.29, 1.82) is 0 Å². The van der Waals surface area contributed by atoms with Gasteiger partial charge >= 0.3 is 0 Å². The topological polar surface area (TPSA) is 8.81 Å². The molecule has 36 heavy (non-hydrogen) atoms. The first-order valence-corrected chi connectivity index (χ1v) is 16.9. The van der Waals surface area contributed by atoms with Gasteiger partial charge in [0.2, 0.25) is 0 Å². The number of nitrogens with zero attached hydrogens (tertiary/aromatic N) is 2. The molecule has 0 spiro atoms. The van der Waals surface area contributed by atoms with Crippen molar-refractivity contribution in [1.82, 2.24) is 4.57 Å². The zero-order chi connectivity index (χ0) is 25.9. The molecule has 0 saturated heterocycles. The van der Waals surface area contributed by atoms with E-state index in [9.17, 15) is 0 Å². The number of aromatic nitrogens is 2. The Morgan fingerprint density at radius 3 is 1.33 bits per heavy atom. The van der Waals surface area contributed by atoms with Gasteiger partial charge in [0.25, 0.3) is 5.82 Å². The molecule has 0 aliphatic carbocycles. The molecule has 1 heterocycles. The smallest absolute Gasteiger partial charge is 0.234 e. The third kappa shape index (κ3) is 18.5. The zero-order valence-corrected chi connectivity index (χ0v) is 25.3. The van der Waals surface area contributed by atoms with Gasteiger partial charge in [-0.1, -0.05) is 149 Å². The average Bonchev–Trinajstić information content (AvgIpc) is 3.27. The molecule has 0 atom stereocenters. The highest BCUT2D eigenvalue weighted by atomic mass is 15.1.